The SMILES string of the molecule is CC(C)(C)Cc1ccc2c(c1)sc1c(-c3[c-]c4ccccc4c(F)c3)ncc(C#N)c12.CCC(CC)C(=O)/C=C(\O)C(CC)CC.[Ir]. The van der Waals surface area contributed by atoms with Gasteiger partial charge in [-0.15, -0.1) is 28.9 Å². The van der Waals surface area contributed by atoms with Crippen LogP contribution in [0.25, 0.3) is 42.2 Å². The van der Waals surface area contributed by atoms with Crippen LogP contribution in [0.3, 0.4) is 0 Å². The average Bonchev–Trinajstić information content (AvgIpc) is 3.40. The number of aliphatic hydroxyl groups excluding tert-OH is 1. The molecule has 0 atom stereocenters. The minimum atomic E-state index is -0.294. The summed E-state index contributed by atoms with van der Waals surface area (Å²) in [5.74, 6) is 0.253. The second-order valence-corrected chi connectivity index (χ2v) is 14.1. The van der Waals surface area contributed by atoms with E-state index in [0.717, 1.165) is 52.3 Å². The number of halogens is 1. The zero-order valence-corrected chi connectivity index (χ0v) is 31.5. The molecule has 4 nitrogen and oxygen atoms in total. The Kier molecular flexibility index (Phi) is 13.4. The summed E-state index contributed by atoms with van der Waals surface area (Å²) in [5.41, 5.74) is 3.26. The average molecular weight is 828 g/mol. The summed E-state index contributed by atoms with van der Waals surface area (Å²) in [6.07, 6.45) is 7.47. The largest absolute Gasteiger partial charge is 0.512 e. The molecule has 0 bridgehead atoms. The van der Waals surface area contributed by atoms with Crippen molar-refractivity contribution in [3.8, 4) is 17.3 Å². The summed E-state index contributed by atoms with van der Waals surface area (Å²) in [6.45, 7) is 14.7. The van der Waals surface area contributed by atoms with Crippen LogP contribution < -0.4 is 0 Å². The maximum atomic E-state index is 14.8. The van der Waals surface area contributed by atoms with Crippen LogP contribution in [0.5, 0.6) is 0 Å². The van der Waals surface area contributed by atoms with Gasteiger partial charge in [-0.25, -0.2) is 4.39 Å². The number of carbonyl (C=O) groups is 1. The first kappa shape index (κ1) is 38.0. The van der Waals surface area contributed by atoms with Crippen molar-refractivity contribution in [2.75, 3.05) is 0 Å². The van der Waals surface area contributed by atoms with E-state index >= 15 is 0 Å². The molecule has 1 N–H and O–H groups in total. The summed E-state index contributed by atoms with van der Waals surface area (Å²) >= 11 is 1.61. The third-order valence-electron chi connectivity index (χ3n) is 8.48. The minimum absolute atomic E-state index is 0. The summed E-state index contributed by atoms with van der Waals surface area (Å²) < 4.78 is 16.8. The van der Waals surface area contributed by atoms with Gasteiger partial charge < -0.3 is 5.11 Å². The number of hydrogen-bond donors (Lipinski definition) is 1. The Morgan fingerprint density at radius 3 is 2.30 bits per heavy atom. The molecule has 0 aliphatic carbocycles. The fraction of sp³-hybridized carbons (Fsp3) is 0.375. The van der Waals surface area contributed by atoms with Crippen molar-refractivity contribution in [3.05, 3.63) is 89.6 Å². The van der Waals surface area contributed by atoms with E-state index in [9.17, 15) is 19.6 Å². The van der Waals surface area contributed by atoms with Crippen molar-refractivity contribution in [3.63, 3.8) is 0 Å². The van der Waals surface area contributed by atoms with E-state index < -0.39 is 0 Å². The molecule has 0 saturated heterocycles. The van der Waals surface area contributed by atoms with Crippen molar-refractivity contribution in [2.45, 2.75) is 80.6 Å². The fourth-order valence-corrected chi connectivity index (χ4v) is 7.21. The maximum absolute atomic E-state index is 14.8. The first-order chi connectivity index (χ1) is 21.9. The molecule has 5 aromatic rings. The third-order valence-corrected chi connectivity index (χ3v) is 9.64. The first-order valence-corrected chi connectivity index (χ1v) is 17.1. The number of fused-ring (bicyclic) bond motifs is 4. The number of thiophene rings is 1. The van der Waals surface area contributed by atoms with E-state index in [4.69, 9.17) is 0 Å². The predicted octanol–water partition coefficient (Wildman–Crippen LogP) is 11.5. The molecule has 249 valence electrons. The molecule has 0 unspecified atom stereocenters. The molecule has 0 spiro atoms. The zero-order chi connectivity index (χ0) is 33.6. The van der Waals surface area contributed by atoms with Crippen LogP contribution in [0.4, 0.5) is 4.39 Å². The zero-order valence-electron chi connectivity index (χ0n) is 28.3. The van der Waals surface area contributed by atoms with Gasteiger partial charge >= 0.3 is 0 Å². The number of hydrogen-bond acceptors (Lipinski definition) is 5. The van der Waals surface area contributed by atoms with Gasteiger partial charge in [-0.05, 0) is 49.1 Å². The van der Waals surface area contributed by atoms with E-state index in [1.165, 1.54) is 17.7 Å². The molecule has 7 heteroatoms. The molecule has 0 saturated carbocycles. The molecule has 3 aromatic carbocycles. The Morgan fingerprint density at radius 2 is 1.68 bits per heavy atom. The van der Waals surface area contributed by atoms with Gasteiger partial charge in [0.2, 0.25) is 0 Å². The number of benzene rings is 3. The summed E-state index contributed by atoms with van der Waals surface area (Å²) in [4.78, 5) is 16.3. The van der Waals surface area contributed by atoms with E-state index in [2.05, 4.69) is 56.1 Å². The van der Waals surface area contributed by atoms with Crippen molar-refractivity contribution >= 4 is 48.1 Å². The van der Waals surface area contributed by atoms with Crippen LogP contribution in [-0.2, 0) is 31.3 Å². The van der Waals surface area contributed by atoms with Crippen molar-refractivity contribution in [1.29, 1.82) is 5.26 Å². The molecule has 47 heavy (non-hydrogen) atoms. The normalized spacial score (nSPS) is 11.9. The molecular formula is C40H44FIrN2O2S-. The van der Waals surface area contributed by atoms with E-state index in [1.54, 1.807) is 23.6 Å². The van der Waals surface area contributed by atoms with Gasteiger partial charge in [0.15, 0.2) is 5.78 Å². The molecular weight excluding hydrogens is 784 g/mol. The summed E-state index contributed by atoms with van der Waals surface area (Å²) in [6, 6.07) is 20.8. The molecule has 1 radical (unpaired) electrons. The number of nitriles is 1. The van der Waals surface area contributed by atoms with Gasteiger partial charge in [0.1, 0.15) is 6.07 Å². The number of ketones is 1. The molecule has 5 rings (SSSR count). The number of allylic oxidation sites excluding steroid dienone is 2. The monoisotopic (exact) mass is 828 g/mol. The quantitative estimate of drug-likeness (QED) is 0.0912. The fourth-order valence-electron chi connectivity index (χ4n) is 5.92. The summed E-state index contributed by atoms with van der Waals surface area (Å²) in [5, 5.41) is 22.7. The topological polar surface area (TPSA) is 74.0 Å². The van der Waals surface area contributed by atoms with Gasteiger partial charge in [0.05, 0.1) is 17.1 Å². The first-order valence-electron chi connectivity index (χ1n) is 16.2. The smallest absolute Gasteiger partial charge is 0.162 e. The number of rotatable bonds is 9. The molecule has 2 heterocycles. The van der Waals surface area contributed by atoms with E-state index in [-0.39, 0.29) is 54.7 Å². The van der Waals surface area contributed by atoms with Gasteiger partial charge in [-0.2, -0.15) is 5.26 Å². The Balaban J connectivity index is 0.000000322. The van der Waals surface area contributed by atoms with Crippen LogP contribution in [0.1, 0.15) is 85.3 Å². The number of nitrogens with zero attached hydrogens (tertiary/aromatic N) is 2. The molecule has 2 aromatic heterocycles. The Morgan fingerprint density at radius 1 is 1.02 bits per heavy atom. The molecule has 0 aliphatic rings. The van der Waals surface area contributed by atoms with Gasteiger partial charge in [0, 0.05) is 70.1 Å². The van der Waals surface area contributed by atoms with E-state index in [1.807, 2.05) is 45.9 Å². The molecule has 0 amide bonds. The standard InChI is InChI=1S/C27H20FN2S.C13H24O2.Ir/c1-27(2,3)13-16-8-9-21-23(10-16)31-26-24(21)19(14-29)15-30-25(26)18-11-17-6-4-5-7-20(17)22(28)12-18;1-5-10(6-2)12(14)9-13(15)11(7-3)8-4;/h4-10,12,15H,13H2,1-3H3;9-11,14H,5-8H2,1-4H3;/q-1;;/b;12-9-;. The maximum Gasteiger partial charge on any atom is 0.162 e. The van der Waals surface area contributed by atoms with Gasteiger partial charge in [-0.3, -0.25) is 9.78 Å². The Hall–Kier alpha value is -3.43. The third kappa shape index (κ3) is 8.93. The van der Waals surface area contributed by atoms with Crippen LogP contribution in [0.15, 0.2) is 66.6 Å². The minimum Gasteiger partial charge on any atom is -0.512 e. The van der Waals surface area contributed by atoms with Gasteiger partial charge in [-0.1, -0.05) is 95.8 Å². The number of pyridine rings is 1. The van der Waals surface area contributed by atoms with Crippen LogP contribution >= 0.6 is 11.3 Å². The van der Waals surface area contributed by atoms with E-state index in [0.29, 0.717) is 27.6 Å². The molecule has 0 aliphatic heterocycles. The number of carbonyl (C=O) groups excluding carboxylic acids is 1. The number of aromatic nitrogens is 1. The second-order valence-electron chi connectivity index (χ2n) is 13.1. The van der Waals surface area contributed by atoms with Crippen molar-refractivity contribution < 1.29 is 34.4 Å². The Labute approximate surface area is 296 Å². The van der Waals surface area contributed by atoms with Crippen LogP contribution in [-0.4, -0.2) is 15.9 Å². The van der Waals surface area contributed by atoms with Crippen LogP contribution in [0.2, 0.25) is 0 Å². The second kappa shape index (κ2) is 16.6. The number of aliphatic hydroxyl groups is 1. The Bertz CT molecular complexity index is 1920. The molecule has 0 fully saturated rings. The van der Waals surface area contributed by atoms with Crippen molar-refractivity contribution in [1.82, 2.24) is 4.98 Å². The summed E-state index contributed by atoms with van der Waals surface area (Å²) in [7, 11) is 0. The van der Waals surface area contributed by atoms with Gasteiger partial charge in [0.25, 0.3) is 0 Å². The van der Waals surface area contributed by atoms with Crippen LogP contribution in [0, 0.1) is 40.5 Å². The van der Waals surface area contributed by atoms with Crippen molar-refractivity contribution in [2.24, 2.45) is 17.3 Å². The predicted molar refractivity (Wildman–Crippen MR) is 191 cm³/mol.